The van der Waals surface area contributed by atoms with Gasteiger partial charge in [0.15, 0.2) is 0 Å². The fraction of sp³-hybridized carbons (Fsp3) is 0.174. The van der Waals surface area contributed by atoms with E-state index in [-0.39, 0.29) is 11.7 Å². The monoisotopic (exact) mass is 419 g/mol. The van der Waals surface area contributed by atoms with Crippen LogP contribution in [0.15, 0.2) is 67.0 Å². The normalized spacial score (nSPS) is 13.9. The number of hydrogen-bond acceptors (Lipinski definition) is 6. The van der Waals surface area contributed by atoms with Gasteiger partial charge >= 0.3 is 0 Å². The summed E-state index contributed by atoms with van der Waals surface area (Å²) in [5.74, 6) is 0.269. The molecule has 0 spiro atoms. The molecule has 158 valence electrons. The first-order valence-corrected chi connectivity index (χ1v) is 9.92. The fourth-order valence-corrected chi connectivity index (χ4v) is 3.13. The number of benzene rings is 2. The Morgan fingerprint density at radius 3 is 2.45 bits per heavy atom. The van der Waals surface area contributed by atoms with Crippen LogP contribution in [0.25, 0.3) is 6.08 Å². The number of anilines is 4. The van der Waals surface area contributed by atoms with Crippen LogP contribution in [0, 0.1) is 5.82 Å². The predicted molar refractivity (Wildman–Crippen MR) is 119 cm³/mol. The lowest BCUT2D eigenvalue weighted by Crippen LogP contribution is -2.36. The number of hydrogen-bond donors (Lipinski definition) is 2. The van der Waals surface area contributed by atoms with Crippen molar-refractivity contribution in [1.29, 1.82) is 0 Å². The van der Waals surface area contributed by atoms with E-state index in [9.17, 15) is 9.18 Å². The van der Waals surface area contributed by atoms with Crippen LogP contribution < -0.4 is 15.5 Å². The molecular weight excluding hydrogens is 397 g/mol. The Morgan fingerprint density at radius 1 is 1.00 bits per heavy atom. The van der Waals surface area contributed by atoms with Crippen molar-refractivity contribution in [3.8, 4) is 0 Å². The molecule has 2 heterocycles. The van der Waals surface area contributed by atoms with Crippen molar-refractivity contribution in [1.82, 2.24) is 9.97 Å². The summed E-state index contributed by atoms with van der Waals surface area (Å²) in [6.07, 6.45) is 4.35. The topological polar surface area (TPSA) is 79.4 Å². The highest BCUT2D eigenvalue weighted by atomic mass is 19.1. The Balaban J connectivity index is 1.35. The average molecular weight is 419 g/mol. The summed E-state index contributed by atoms with van der Waals surface area (Å²) in [6, 6.07) is 15.6. The van der Waals surface area contributed by atoms with E-state index in [1.807, 2.05) is 12.1 Å². The molecule has 7 nitrogen and oxygen atoms in total. The van der Waals surface area contributed by atoms with Crippen LogP contribution in [-0.2, 0) is 9.53 Å². The highest BCUT2D eigenvalue weighted by molar-refractivity contribution is 6.01. The third-order valence-corrected chi connectivity index (χ3v) is 4.73. The number of aromatic nitrogens is 2. The average Bonchev–Trinajstić information content (AvgIpc) is 2.80. The van der Waals surface area contributed by atoms with E-state index < -0.39 is 0 Å². The van der Waals surface area contributed by atoms with Gasteiger partial charge in [-0.15, -0.1) is 0 Å². The second-order valence-corrected chi connectivity index (χ2v) is 6.93. The first-order chi connectivity index (χ1) is 15.2. The number of halogens is 1. The third kappa shape index (κ3) is 5.86. The molecule has 0 bridgehead atoms. The van der Waals surface area contributed by atoms with Crippen molar-refractivity contribution in [2.75, 3.05) is 41.8 Å². The zero-order valence-electron chi connectivity index (χ0n) is 16.8. The number of carbonyl (C=O) groups excluding carboxylic acids is 1. The Labute approximate surface area is 179 Å². The van der Waals surface area contributed by atoms with E-state index in [1.165, 1.54) is 24.5 Å². The number of carbonyl (C=O) groups is 1. The highest BCUT2D eigenvalue weighted by Gasteiger charge is 2.11. The predicted octanol–water partition coefficient (Wildman–Crippen LogP) is 3.85. The lowest BCUT2D eigenvalue weighted by molar-refractivity contribution is -0.111. The third-order valence-electron chi connectivity index (χ3n) is 4.73. The molecule has 31 heavy (non-hydrogen) atoms. The van der Waals surface area contributed by atoms with E-state index in [0.29, 0.717) is 11.6 Å². The zero-order valence-corrected chi connectivity index (χ0v) is 16.8. The Kier molecular flexibility index (Phi) is 6.49. The van der Waals surface area contributed by atoms with Crippen LogP contribution in [-0.4, -0.2) is 42.2 Å². The van der Waals surface area contributed by atoms with Crippen molar-refractivity contribution in [3.63, 3.8) is 0 Å². The maximum atomic E-state index is 12.9. The molecule has 0 radical (unpaired) electrons. The molecule has 0 atom stereocenters. The molecule has 2 aromatic carbocycles. The van der Waals surface area contributed by atoms with Crippen LogP contribution in [0.1, 0.15) is 5.56 Å². The quantitative estimate of drug-likeness (QED) is 0.591. The van der Waals surface area contributed by atoms with Crippen LogP contribution in [0.3, 0.4) is 0 Å². The van der Waals surface area contributed by atoms with Gasteiger partial charge in [-0.1, -0.05) is 12.1 Å². The number of ether oxygens (including phenoxy) is 1. The summed E-state index contributed by atoms with van der Waals surface area (Å²) >= 11 is 0. The van der Waals surface area contributed by atoms with Crippen LogP contribution in [0.4, 0.5) is 27.4 Å². The molecule has 1 aliphatic rings. The van der Waals surface area contributed by atoms with E-state index in [2.05, 4.69) is 37.6 Å². The SMILES string of the molecule is O=C(/C=C/c1ccc(F)cc1)Nc1cc(Nc2ccc(N3CCOCC3)cc2)ncn1. The van der Waals surface area contributed by atoms with Gasteiger partial charge in [-0.05, 0) is 48.0 Å². The molecule has 1 aliphatic heterocycles. The number of morpholine rings is 1. The van der Waals surface area contributed by atoms with Gasteiger partial charge < -0.3 is 20.3 Å². The summed E-state index contributed by atoms with van der Waals surface area (Å²) in [6.45, 7) is 3.26. The lowest BCUT2D eigenvalue weighted by Gasteiger charge is -2.28. The maximum Gasteiger partial charge on any atom is 0.249 e. The number of rotatable bonds is 6. The van der Waals surface area contributed by atoms with Gasteiger partial charge in [0.1, 0.15) is 23.8 Å². The molecular formula is C23H22FN5O2. The Bertz CT molecular complexity index is 1050. The lowest BCUT2D eigenvalue weighted by atomic mass is 10.2. The Morgan fingerprint density at radius 2 is 1.71 bits per heavy atom. The van der Waals surface area contributed by atoms with Crippen molar-refractivity contribution in [2.45, 2.75) is 0 Å². The molecule has 4 rings (SSSR count). The van der Waals surface area contributed by atoms with Gasteiger partial charge in [0.2, 0.25) is 5.91 Å². The molecule has 3 aromatic rings. The summed E-state index contributed by atoms with van der Waals surface area (Å²) in [5, 5.41) is 5.90. The van der Waals surface area contributed by atoms with Gasteiger partial charge in [0, 0.05) is 36.6 Å². The number of nitrogens with one attached hydrogen (secondary N) is 2. The van der Waals surface area contributed by atoms with E-state index >= 15 is 0 Å². The highest BCUT2D eigenvalue weighted by Crippen LogP contribution is 2.21. The van der Waals surface area contributed by atoms with E-state index in [0.717, 1.165) is 43.2 Å². The summed E-state index contributed by atoms with van der Waals surface area (Å²) in [4.78, 5) is 22.7. The zero-order chi connectivity index (χ0) is 21.5. The van der Waals surface area contributed by atoms with Gasteiger partial charge in [-0.3, -0.25) is 4.79 Å². The van der Waals surface area contributed by atoms with E-state index in [4.69, 9.17) is 4.74 Å². The van der Waals surface area contributed by atoms with Crippen molar-refractivity contribution >= 4 is 35.0 Å². The van der Waals surface area contributed by atoms with Crippen molar-refractivity contribution in [2.24, 2.45) is 0 Å². The minimum Gasteiger partial charge on any atom is -0.378 e. The first kappa shape index (κ1) is 20.5. The Hall–Kier alpha value is -3.78. The first-order valence-electron chi connectivity index (χ1n) is 9.92. The van der Waals surface area contributed by atoms with Gasteiger partial charge in [-0.2, -0.15) is 0 Å². The second kappa shape index (κ2) is 9.82. The standard InChI is InChI=1S/C23H22FN5O2/c24-18-4-1-17(2-5-18)3-10-23(30)28-22-15-21(25-16-26-22)27-19-6-8-20(9-7-19)29-11-13-31-14-12-29/h1-10,15-16H,11-14H2,(H2,25,26,27,28,30)/b10-3+. The van der Waals surface area contributed by atoms with Crippen LogP contribution >= 0.6 is 0 Å². The molecule has 1 fully saturated rings. The molecule has 1 amide bonds. The minimum atomic E-state index is -0.344. The smallest absolute Gasteiger partial charge is 0.249 e. The summed E-state index contributed by atoms with van der Waals surface area (Å²) in [7, 11) is 0. The number of nitrogens with zero attached hydrogens (tertiary/aromatic N) is 3. The molecule has 1 aromatic heterocycles. The molecule has 1 saturated heterocycles. The van der Waals surface area contributed by atoms with Gasteiger partial charge in [0.25, 0.3) is 0 Å². The summed E-state index contributed by atoms with van der Waals surface area (Å²) in [5.41, 5.74) is 2.75. The van der Waals surface area contributed by atoms with Crippen LogP contribution in [0.5, 0.6) is 0 Å². The largest absolute Gasteiger partial charge is 0.378 e. The van der Waals surface area contributed by atoms with Gasteiger partial charge in [-0.25, -0.2) is 14.4 Å². The second-order valence-electron chi connectivity index (χ2n) is 6.93. The van der Waals surface area contributed by atoms with Crippen molar-refractivity contribution < 1.29 is 13.9 Å². The van der Waals surface area contributed by atoms with Crippen LogP contribution in [0.2, 0.25) is 0 Å². The molecule has 0 aliphatic carbocycles. The number of amides is 1. The van der Waals surface area contributed by atoms with E-state index in [1.54, 1.807) is 24.3 Å². The molecule has 2 N–H and O–H groups in total. The summed E-state index contributed by atoms with van der Waals surface area (Å²) < 4.78 is 18.3. The van der Waals surface area contributed by atoms with Gasteiger partial charge in [0.05, 0.1) is 13.2 Å². The molecule has 8 heteroatoms. The van der Waals surface area contributed by atoms with Crippen molar-refractivity contribution in [3.05, 3.63) is 78.4 Å². The molecule has 0 saturated carbocycles. The minimum absolute atomic E-state index is 0.321. The molecule has 0 unspecified atom stereocenters. The fourth-order valence-electron chi connectivity index (χ4n) is 3.13. The maximum absolute atomic E-state index is 12.9.